The Morgan fingerprint density at radius 2 is 1.91 bits per heavy atom. The van der Waals surface area contributed by atoms with Gasteiger partial charge in [-0.15, -0.1) is 0 Å². The van der Waals surface area contributed by atoms with E-state index < -0.39 is 0 Å². The van der Waals surface area contributed by atoms with Crippen LogP contribution < -0.4 is 4.74 Å². The van der Waals surface area contributed by atoms with Crippen molar-refractivity contribution >= 4 is 23.3 Å². The number of amides is 1. The fraction of sp³-hybridized carbons (Fsp3) is 0.176. The number of carbonyl (C=O) groups excluding carboxylic acids is 2. The summed E-state index contributed by atoms with van der Waals surface area (Å²) < 4.78 is 5.24. The molecule has 0 aliphatic heterocycles. The van der Waals surface area contributed by atoms with Gasteiger partial charge in [0.1, 0.15) is 5.75 Å². The zero-order valence-electron chi connectivity index (χ0n) is 12.7. The number of benzene rings is 2. The Hall–Kier alpha value is -2.27. The molecule has 114 valence electrons. The van der Waals surface area contributed by atoms with Gasteiger partial charge in [-0.1, -0.05) is 24.3 Å². The predicted molar refractivity (Wildman–Crippen MR) is 88.8 cm³/mol. The Bertz CT molecular complexity index is 698. The van der Waals surface area contributed by atoms with E-state index in [0.717, 1.165) is 22.3 Å². The molecule has 22 heavy (non-hydrogen) atoms. The Morgan fingerprint density at radius 1 is 1.18 bits per heavy atom. The number of thioether (sulfide) groups is 1. The smallest absolute Gasteiger partial charge is 0.285 e. The molecule has 0 N–H and O–H groups in total. The van der Waals surface area contributed by atoms with E-state index in [2.05, 4.69) is 0 Å². The van der Waals surface area contributed by atoms with Gasteiger partial charge in [-0.3, -0.25) is 9.59 Å². The molecule has 2 aromatic rings. The van der Waals surface area contributed by atoms with E-state index in [9.17, 15) is 9.59 Å². The molecule has 0 heterocycles. The summed E-state index contributed by atoms with van der Waals surface area (Å²) in [6.07, 6.45) is 0.763. The lowest BCUT2D eigenvalue weighted by Crippen LogP contribution is -2.16. The fourth-order valence-corrected chi connectivity index (χ4v) is 2.77. The molecule has 0 aromatic heterocycles. The van der Waals surface area contributed by atoms with Gasteiger partial charge in [0.15, 0.2) is 6.29 Å². The molecule has 4 nitrogen and oxygen atoms in total. The van der Waals surface area contributed by atoms with E-state index in [1.54, 1.807) is 20.2 Å². The zero-order chi connectivity index (χ0) is 16.1. The maximum atomic E-state index is 11.9. The standard InChI is InChI=1S/C17H17NO3S/c1-18(2)17(20)22-16-7-5-4-6-14(16)12-8-9-13(11-19)15(10-12)21-3/h4-11H,1-3H3. The predicted octanol–water partition coefficient (Wildman–Crippen LogP) is 3.95. The average molecular weight is 315 g/mol. The van der Waals surface area contributed by atoms with Crippen molar-refractivity contribution in [2.45, 2.75) is 4.90 Å². The minimum atomic E-state index is -0.0380. The number of rotatable bonds is 4. The van der Waals surface area contributed by atoms with E-state index in [0.29, 0.717) is 11.3 Å². The minimum absolute atomic E-state index is 0.0380. The van der Waals surface area contributed by atoms with Crippen LogP contribution in [-0.2, 0) is 0 Å². The van der Waals surface area contributed by atoms with Gasteiger partial charge >= 0.3 is 0 Å². The molecule has 0 aliphatic rings. The molecule has 0 spiro atoms. The van der Waals surface area contributed by atoms with Crippen molar-refractivity contribution in [1.29, 1.82) is 0 Å². The van der Waals surface area contributed by atoms with Gasteiger partial charge in [0, 0.05) is 19.0 Å². The first kappa shape index (κ1) is 16.1. The van der Waals surface area contributed by atoms with E-state index in [-0.39, 0.29) is 5.24 Å². The first-order chi connectivity index (χ1) is 10.6. The molecule has 0 saturated heterocycles. The number of carbonyl (C=O) groups is 2. The Kier molecular flexibility index (Phi) is 5.22. The average Bonchev–Trinajstić information content (AvgIpc) is 2.54. The molecule has 0 saturated carbocycles. The molecular weight excluding hydrogens is 298 g/mol. The highest BCUT2D eigenvalue weighted by atomic mass is 32.2. The summed E-state index contributed by atoms with van der Waals surface area (Å²) in [5, 5.41) is -0.0380. The summed E-state index contributed by atoms with van der Waals surface area (Å²) in [6, 6.07) is 13.0. The van der Waals surface area contributed by atoms with Crippen LogP contribution in [0.3, 0.4) is 0 Å². The summed E-state index contributed by atoms with van der Waals surface area (Å²) in [7, 11) is 4.97. The number of hydrogen-bond acceptors (Lipinski definition) is 4. The van der Waals surface area contributed by atoms with Crippen LogP contribution in [-0.4, -0.2) is 37.6 Å². The molecule has 0 bridgehead atoms. The number of nitrogens with zero attached hydrogens (tertiary/aromatic N) is 1. The van der Waals surface area contributed by atoms with Gasteiger partial charge in [-0.2, -0.15) is 0 Å². The van der Waals surface area contributed by atoms with Crippen LogP contribution in [0.15, 0.2) is 47.4 Å². The van der Waals surface area contributed by atoms with Crippen LogP contribution in [0, 0.1) is 0 Å². The van der Waals surface area contributed by atoms with Gasteiger partial charge < -0.3 is 9.64 Å². The first-order valence-corrected chi connectivity index (χ1v) is 7.50. The first-order valence-electron chi connectivity index (χ1n) is 6.68. The molecule has 0 aliphatic carbocycles. The van der Waals surface area contributed by atoms with Crippen LogP contribution >= 0.6 is 11.8 Å². The quantitative estimate of drug-likeness (QED) is 0.633. The molecular formula is C17H17NO3S. The van der Waals surface area contributed by atoms with E-state index in [4.69, 9.17) is 4.74 Å². The second-order valence-corrected chi connectivity index (χ2v) is 5.83. The highest BCUT2D eigenvalue weighted by Crippen LogP contribution is 2.34. The van der Waals surface area contributed by atoms with Crippen LogP contribution in [0.2, 0.25) is 0 Å². The largest absolute Gasteiger partial charge is 0.496 e. The molecule has 0 radical (unpaired) electrons. The van der Waals surface area contributed by atoms with Crippen molar-refractivity contribution in [2.75, 3.05) is 21.2 Å². The van der Waals surface area contributed by atoms with E-state index in [1.807, 2.05) is 36.4 Å². The summed E-state index contributed by atoms with van der Waals surface area (Å²) in [5.41, 5.74) is 2.33. The normalized spacial score (nSPS) is 10.1. The lowest BCUT2D eigenvalue weighted by Gasteiger charge is -2.13. The van der Waals surface area contributed by atoms with Crippen molar-refractivity contribution in [2.24, 2.45) is 0 Å². The SMILES string of the molecule is COc1cc(-c2ccccc2SC(=O)N(C)C)ccc1C=O. The Morgan fingerprint density at radius 3 is 2.55 bits per heavy atom. The van der Waals surface area contributed by atoms with Crippen molar-refractivity contribution in [3.8, 4) is 16.9 Å². The minimum Gasteiger partial charge on any atom is -0.496 e. The van der Waals surface area contributed by atoms with Gasteiger partial charge in [0.25, 0.3) is 5.24 Å². The van der Waals surface area contributed by atoms with Crippen molar-refractivity contribution in [3.63, 3.8) is 0 Å². The third-order valence-corrected chi connectivity index (χ3v) is 4.24. The molecule has 0 fully saturated rings. The lowest BCUT2D eigenvalue weighted by atomic mass is 10.0. The third kappa shape index (κ3) is 3.49. The third-order valence-electron chi connectivity index (χ3n) is 3.12. The molecule has 2 rings (SSSR count). The Balaban J connectivity index is 2.45. The maximum absolute atomic E-state index is 11.9. The van der Waals surface area contributed by atoms with Crippen molar-refractivity contribution < 1.29 is 14.3 Å². The van der Waals surface area contributed by atoms with Crippen LogP contribution in [0.5, 0.6) is 5.75 Å². The van der Waals surface area contributed by atoms with Crippen LogP contribution in [0.4, 0.5) is 4.79 Å². The maximum Gasteiger partial charge on any atom is 0.285 e. The van der Waals surface area contributed by atoms with Crippen molar-refractivity contribution in [1.82, 2.24) is 4.90 Å². The van der Waals surface area contributed by atoms with Crippen LogP contribution in [0.25, 0.3) is 11.1 Å². The lowest BCUT2D eigenvalue weighted by molar-refractivity contribution is 0.112. The van der Waals surface area contributed by atoms with Gasteiger partial charge in [0.05, 0.1) is 12.7 Å². The second-order valence-electron chi connectivity index (χ2n) is 4.83. The summed E-state index contributed by atoms with van der Waals surface area (Å²) in [5.74, 6) is 0.520. The van der Waals surface area contributed by atoms with E-state index >= 15 is 0 Å². The van der Waals surface area contributed by atoms with Crippen LogP contribution in [0.1, 0.15) is 10.4 Å². The zero-order valence-corrected chi connectivity index (χ0v) is 13.5. The monoisotopic (exact) mass is 315 g/mol. The summed E-state index contributed by atoms with van der Waals surface area (Å²) in [4.78, 5) is 25.3. The van der Waals surface area contributed by atoms with Crippen molar-refractivity contribution in [3.05, 3.63) is 48.0 Å². The highest BCUT2D eigenvalue weighted by molar-refractivity contribution is 8.13. The molecule has 1 amide bonds. The van der Waals surface area contributed by atoms with Gasteiger partial charge in [-0.05, 0) is 41.1 Å². The summed E-state index contributed by atoms with van der Waals surface area (Å²) >= 11 is 1.17. The van der Waals surface area contributed by atoms with Gasteiger partial charge in [-0.25, -0.2) is 0 Å². The number of methoxy groups -OCH3 is 1. The number of ether oxygens (including phenoxy) is 1. The van der Waals surface area contributed by atoms with Gasteiger partial charge in [0.2, 0.25) is 0 Å². The molecule has 0 atom stereocenters. The summed E-state index contributed by atoms with van der Waals surface area (Å²) in [6.45, 7) is 0. The molecule has 2 aromatic carbocycles. The number of aldehydes is 1. The fourth-order valence-electron chi connectivity index (χ4n) is 1.96. The highest BCUT2D eigenvalue weighted by Gasteiger charge is 2.13. The van der Waals surface area contributed by atoms with E-state index in [1.165, 1.54) is 23.8 Å². The molecule has 0 unspecified atom stereocenters. The molecule has 5 heteroatoms. The number of hydrogen-bond donors (Lipinski definition) is 0. The Labute approximate surface area is 134 Å². The topological polar surface area (TPSA) is 46.6 Å². The second kappa shape index (κ2) is 7.13.